The van der Waals surface area contributed by atoms with Crippen molar-refractivity contribution >= 4 is 17.4 Å². The van der Waals surface area contributed by atoms with Crippen molar-refractivity contribution in [1.29, 1.82) is 0 Å². The molecule has 1 amide bonds. The van der Waals surface area contributed by atoms with E-state index in [1.54, 1.807) is 11.0 Å². The van der Waals surface area contributed by atoms with Crippen LogP contribution in [-0.2, 0) is 22.4 Å². The standard InChI is InChI=1S/C31H31NO5/c1-3-16-36-25-11-7-10-22(19-25)28-27(29(33)23-12-13-26-24(18-23)17-20(2)37-26)30(34)31(35)32(28)15-14-21-8-5-4-6-9-21/h4-13,18-20,28,33H,3,14-17H2,1-2H3/b29-27+/t20-,28+/m0/s1. The van der Waals surface area contributed by atoms with E-state index in [9.17, 15) is 14.7 Å². The first-order chi connectivity index (χ1) is 18.0. The molecule has 2 heterocycles. The second kappa shape index (κ2) is 10.5. The Hall–Kier alpha value is -4.06. The van der Waals surface area contributed by atoms with Gasteiger partial charge in [-0.15, -0.1) is 0 Å². The minimum atomic E-state index is -0.725. The van der Waals surface area contributed by atoms with Crippen LogP contribution in [0.5, 0.6) is 11.5 Å². The molecule has 0 saturated carbocycles. The summed E-state index contributed by atoms with van der Waals surface area (Å²) in [7, 11) is 0. The minimum absolute atomic E-state index is 0.0572. The molecule has 0 radical (unpaired) electrons. The molecule has 0 aliphatic carbocycles. The highest BCUT2D eigenvalue weighted by molar-refractivity contribution is 6.46. The predicted octanol–water partition coefficient (Wildman–Crippen LogP) is 5.46. The molecular weight excluding hydrogens is 466 g/mol. The Balaban J connectivity index is 1.57. The molecule has 3 aromatic rings. The molecule has 5 rings (SSSR count). The minimum Gasteiger partial charge on any atom is -0.507 e. The van der Waals surface area contributed by atoms with Gasteiger partial charge in [0.15, 0.2) is 0 Å². The maximum absolute atomic E-state index is 13.4. The van der Waals surface area contributed by atoms with Crippen LogP contribution < -0.4 is 9.47 Å². The maximum atomic E-state index is 13.4. The zero-order valence-corrected chi connectivity index (χ0v) is 21.1. The van der Waals surface area contributed by atoms with E-state index >= 15 is 0 Å². The number of rotatable bonds is 8. The third kappa shape index (κ3) is 4.96. The Morgan fingerprint density at radius 3 is 2.65 bits per heavy atom. The van der Waals surface area contributed by atoms with E-state index in [2.05, 4.69) is 0 Å². The van der Waals surface area contributed by atoms with Crippen molar-refractivity contribution in [2.75, 3.05) is 13.2 Å². The Kier molecular flexibility index (Phi) is 6.99. The molecular formula is C31H31NO5. The molecule has 2 aliphatic heterocycles. The van der Waals surface area contributed by atoms with Crippen LogP contribution in [0.25, 0.3) is 5.76 Å². The SMILES string of the molecule is CCCOc1cccc([C@@H]2/C(=C(\O)c3ccc4c(c3)C[C@H](C)O4)C(=O)C(=O)N2CCc2ccccc2)c1. The summed E-state index contributed by atoms with van der Waals surface area (Å²) in [5.74, 6) is -0.0184. The lowest BCUT2D eigenvalue weighted by atomic mass is 9.94. The van der Waals surface area contributed by atoms with Crippen molar-refractivity contribution in [3.05, 3.63) is 101 Å². The zero-order chi connectivity index (χ0) is 25.9. The number of carbonyl (C=O) groups excluding carboxylic acids is 2. The van der Waals surface area contributed by atoms with Gasteiger partial charge in [0.1, 0.15) is 23.4 Å². The molecule has 190 valence electrons. The first kappa shape index (κ1) is 24.6. The average Bonchev–Trinajstić information content (AvgIpc) is 3.41. The Bertz CT molecular complexity index is 1350. The number of fused-ring (bicyclic) bond motifs is 1. The summed E-state index contributed by atoms with van der Waals surface area (Å²) in [4.78, 5) is 28.3. The molecule has 37 heavy (non-hydrogen) atoms. The van der Waals surface area contributed by atoms with Gasteiger partial charge in [-0.2, -0.15) is 0 Å². The van der Waals surface area contributed by atoms with Crippen LogP contribution in [-0.4, -0.2) is 41.0 Å². The summed E-state index contributed by atoms with van der Waals surface area (Å²) in [5, 5.41) is 11.5. The normalized spacial score (nSPS) is 20.1. The van der Waals surface area contributed by atoms with E-state index in [4.69, 9.17) is 9.47 Å². The highest BCUT2D eigenvalue weighted by atomic mass is 16.5. The van der Waals surface area contributed by atoms with Gasteiger partial charge in [0, 0.05) is 18.5 Å². The maximum Gasteiger partial charge on any atom is 0.295 e. The molecule has 0 spiro atoms. The number of amides is 1. The quantitative estimate of drug-likeness (QED) is 0.254. The highest BCUT2D eigenvalue weighted by Gasteiger charge is 2.46. The van der Waals surface area contributed by atoms with Gasteiger partial charge < -0.3 is 19.5 Å². The third-order valence-electron chi connectivity index (χ3n) is 6.84. The van der Waals surface area contributed by atoms with Gasteiger partial charge in [-0.3, -0.25) is 9.59 Å². The second-order valence-electron chi connectivity index (χ2n) is 9.60. The number of ketones is 1. The number of aliphatic hydroxyl groups excluding tert-OH is 1. The number of carbonyl (C=O) groups is 2. The van der Waals surface area contributed by atoms with Gasteiger partial charge in [-0.1, -0.05) is 49.4 Å². The van der Waals surface area contributed by atoms with E-state index in [1.165, 1.54) is 0 Å². The molecule has 6 heteroatoms. The van der Waals surface area contributed by atoms with E-state index in [1.807, 2.05) is 80.6 Å². The fourth-order valence-corrected chi connectivity index (χ4v) is 5.07. The van der Waals surface area contributed by atoms with Crippen molar-refractivity contribution in [3.63, 3.8) is 0 Å². The lowest BCUT2D eigenvalue weighted by molar-refractivity contribution is -0.139. The highest BCUT2D eigenvalue weighted by Crippen LogP contribution is 2.41. The van der Waals surface area contributed by atoms with Crippen LogP contribution in [0.15, 0.2) is 78.4 Å². The molecule has 1 fully saturated rings. The number of hydrogen-bond acceptors (Lipinski definition) is 5. The first-order valence-electron chi connectivity index (χ1n) is 12.8. The van der Waals surface area contributed by atoms with Gasteiger partial charge in [-0.25, -0.2) is 0 Å². The van der Waals surface area contributed by atoms with Crippen molar-refractivity contribution in [3.8, 4) is 11.5 Å². The molecule has 0 unspecified atom stereocenters. The lowest BCUT2D eigenvalue weighted by Crippen LogP contribution is -2.31. The predicted molar refractivity (Wildman–Crippen MR) is 142 cm³/mol. The summed E-state index contributed by atoms with van der Waals surface area (Å²) in [6.45, 7) is 4.93. The summed E-state index contributed by atoms with van der Waals surface area (Å²) in [6, 6.07) is 22.0. The molecule has 2 aliphatic rings. The fourth-order valence-electron chi connectivity index (χ4n) is 5.07. The van der Waals surface area contributed by atoms with Gasteiger partial charge in [0.05, 0.1) is 18.2 Å². The Morgan fingerprint density at radius 2 is 1.86 bits per heavy atom. The van der Waals surface area contributed by atoms with Crippen LogP contribution in [0.1, 0.15) is 48.6 Å². The molecule has 6 nitrogen and oxygen atoms in total. The molecule has 1 N–H and O–H groups in total. The lowest BCUT2D eigenvalue weighted by Gasteiger charge is -2.26. The summed E-state index contributed by atoms with van der Waals surface area (Å²) >= 11 is 0. The molecule has 0 bridgehead atoms. The van der Waals surface area contributed by atoms with Crippen molar-refractivity contribution in [2.45, 2.75) is 45.3 Å². The van der Waals surface area contributed by atoms with Gasteiger partial charge in [0.25, 0.3) is 11.7 Å². The van der Waals surface area contributed by atoms with Crippen LogP contribution in [0.3, 0.4) is 0 Å². The van der Waals surface area contributed by atoms with Crippen LogP contribution in [0.2, 0.25) is 0 Å². The fraction of sp³-hybridized carbons (Fsp3) is 0.290. The topological polar surface area (TPSA) is 76.1 Å². The van der Waals surface area contributed by atoms with E-state index in [0.29, 0.717) is 30.9 Å². The van der Waals surface area contributed by atoms with E-state index < -0.39 is 17.7 Å². The first-order valence-corrected chi connectivity index (χ1v) is 12.8. The Morgan fingerprint density at radius 1 is 1.05 bits per heavy atom. The second-order valence-corrected chi connectivity index (χ2v) is 9.60. The van der Waals surface area contributed by atoms with Gasteiger partial charge in [-0.05, 0) is 66.8 Å². The van der Waals surface area contributed by atoms with Crippen molar-refractivity contribution in [1.82, 2.24) is 4.90 Å². The molecule has 1 saturated heterocycles. The third-order valence-corrected chi connectivity index (χ3v) is 6.84. The Labute approximate surface area is 217 Å². The number of likely N-dealkylation sites (tertiary alicyclic amines) is 1. The number of benzene rings is 3. The van der Waals surface area contributed by atoms with E-state index in [0.717, 1.165) is 35.3 Å². The number of nitrogens with zero attached hydrogens (tertiary/aromatic N) is 1. The van der Waals surface area contributed by atoms with Crippen molar-refractivity contribution < 1.29 is 24.2 Å². The summed E-state index contributed by atoms with van der Waals surface area (Å²) in [6.07, 6.45) is 2.23. The number of hydrogen-bond donors (Lipinski definition) is 1. The van der Waals surface area contributed by atoms with Crippen LogP contribution in [0, 0.1) is 0 Å². The molecule has 3 aromatic carbocycles. The monoisotopic (exact) mass is 497 g/mol. The van der Waals surface area contributed by atoms with Crippen LogP contribution in [0.4, 0.5) is 0 Å². The van der Waals surface area contributed by atoms with Crippen molar-refractivity contribution in [2.24, 2.45) is 0 Å². The smallest absolute Gasteiger partial charge is 0.295 e. The summed E-state index contributed by atoms with van der Waals surface area (Å²) < 4.78 is 11.6. The molecule has 0 aromatic heterocycles. The van der Waals surface area contributed by atoms with Gasteiger partial charge >= 0.3 is 0 Å². The van der Waals surface area contributed by atoms with Crippen LogP contribution >= 0.6 is 0 Å². The number of Topliss-reactive ketones (excluding diaryl/α,β-unsaturated/α-hetero) is 1. The van der Waals surface area contributed by atoms with Gasteiger partial charge in [0.2, 0.25) is 0 Å². The largest absolute Gasteiger partial charge is 0.507 e. The van der Waals surface area contributed by atoms with E-state index in [-0.39, 0.29) is 17.4 Å². The average molecular weight is 498 g/mol. The number of ether oxygens (including phenoxy) is 2. The number of aliphatic hydroxyl groups is 1. The summed E-state index contributed by atoms with van der Waals surface area (Å²) in [5.41, 5.74) is 3.36. The zero-order valence-electron chi connectivity index (χ0n) is 21.1. The molecule has 2 atom stereocenters.